The van der Waals surface area contributed by atoms with Crippen molar-refractivity contribution in [2.75, 3.05) is 18.0 Å². The fourth-order valence-electron chi connectivity index (χ4n) is 1.18. The first kappa shape index (κ1) is 16.1. The zero-order valence-corrected chi connectivity index (χ0v) is 11.8. The summed E-state index contributed by atoms with van der Waals surface area (Å²) in [5.74, 6) is -1.79. The van der Waals surface area contributed by atoms with Crippen LogP contribution >= 0.6 is 11.6 Å². The highest BCUT2D eigenvalue weighted by Crippen LogP contribution is 2.25. The van der Waals surface area contributed by atoms with E-state index >= 15 is 0 Å². The van der Waals surface area contributed by atoms with Crippen molar-refractivity contribution in [3.63, 3.8) is 0 Å². The minimum atomic E-state index is -4.27. The molecule has 0 saturated heterocycles. The zero-order valence-electron chi connectivity index (χ0n) is 9.43. The third-order valence-corrected chi connectivity index (χ3v) is 4.49. The lowest BCUT2D eigenvalue weighted by Crippen LogP contribution is -2.32. The van der Waals surface area contributed by atoms with E-state index in [4.69, 9.17) is 22.5 Å². The molecule has 0 aliphatic carbocycles. The highest BCUT2D eigenvalue weighted by molar-refractivity contribution is 7.90. The number of primary sulfonamides is 1. The molecule has 0 unspecified atom stereocenters. The van der Waals surface area contributed by atoms with Crippen LogP contribution < -0.4 is 15.6 Å². The van der Waals surface area contributed by atoms with Crippen molar-refractivity contribution in [3.05, 3.63) is 23.0 Å². The lowest BCUT2D eigenvalue weighted by Gasteiger charge is -2.09. The lowest BCUT2D eigenvalue weighted by molar-refractivity contribution is 0.558. The number of hydrogen-bond donors (Lipinski definition) is 3. The van der Waals surface area contributed by atoms with Crippen LogP contribution in [0.3, 0.4) is 0 Å². The molecule has 0 heterocycles. The lowest BCUT2D eigenvalue weighted by atomic mass is 10.3. The number of nitrogen functional groups attached to an aromatic ring is 1. The molecule has 1 aromatic rings. The van der Waals surface area contributed by atoms with Crippen molar-refractivity contribution in [1.29, 1.82) is 0 Å². The molecule has 0 bridgehead atoms. The highest BCUT2D eigenvalue weighted by Gasteiger charge is 2.22. The van der Waals surface area contributed by atoms with Gasteiger partial charge < -0.3 is 5.73 Å². The molecule has 0 amide bonds. The van der Waals surface area contributed by atoms with Gasteiger partial charge in [0.15, 0.2) is 5.82 Å². The Morgan fingerprint density at radius 3 is 2.37 bits per heavy atom. The van der Waals surface area contributed by atoms with Crippen molar-refractivity contribution in [2.24, 2.45) is 5.14 Å². The summed E-state index contributed by atoms with van der Waals surface area (Å²) in [6, 6.07) is 1.93. The molecular weight excluding hydrogens is 321 g/mol. The van der Waals surface area contributed by atoms with Crippen LogP contribution in [0.1, 0.15) is 0 Å². The van der Waals surface area contributed by atoms with E-state index in [1.54, 1.807) is 0 Å². The number of benzene rings is 1. The van der Waals surface area contributed by atoms with Gasteiger partial charge in [-0.25, -0.2) is 31.1 Å². The Labute approximate surface area is 114 Å². The predicted octanol–water partition coefficient (Wildman–Crippen LogP) is -0.372. The van der Waals surface area contributed by atoms with Gasteiger partial charge in [0, 0.05) is 12.2 Å². The Balaban J connectivity index is 3.02. The molecule has 1 aromatic carbocycles. The normalized spacial score (nSPS) is 12.6. The summed E-state index contributed by atoms with van der Waals surface area (Å²) in [4.78, 5) is -0.757. The Morgan fingerprint density at radius 2 is 1.84 bits per heavy atom. The van der Waals surface area contributed by atoms with Gasteiger partial charge in [0.25, 0.3) is 0 Å². The van der Waals surface area contributed by atoms with E-state index in [0.29, 0.717) is 0 Å². The van der Waals surface area contributed by atoms with Gasteiger partial charge in [-0.15, -0.1) is 0 Å². The maximum Gasteiger partial charge on any atom is 0.243 e. The zero-order chi connectivity index (χ0) is 14.8. The van der Waals surface area contributed by atoms with Crippen molar-refractivity contribution >= 4 is 37.3 Å². The molecule has 0 spiro atoms. The standard InChI is InChI=1S/C8H11ClFN3O4S2/c9-6-3-5(11)4-7(8(6)10)19(16,17)13-1-2-18(12,14)15/h3-4,13H,1-2,11H2,(H2,12,14,15). The molecule has 5 N–H and O–H groups in total. The SMILES string of the molecule is Nc1cc(Cl)c(F)c(S(=O)(=O)NCCS(N)(=O)=O)c1. The summed E-state index contributed by atoms with van der Waals surface area (Å²) in [6.07, 6.45) is 0. The van der Waals surface area contributed by atoms with Gasteiger partial charge in [-0.2, -0.15) is 0 Å². The number of rotatable bonds is 5. The highest BCUT2D eigenvalue weighted by atomic mass is 35.5. The molecule has 7 nitrogen and oxygen atoms in total. The van der Waals surface area contributed by atoms with Crippen LogP contribution in [0, 0.1) is 5.82 Å². The van der Waals surface area contributed by atoms with E-state index in [9.17, 15) is 21.2 Å². The summed E-state index contributed by atoms with van der Waals surface area (Å²) in [7, 11) is -8.09. The second-order valence-electron chi connectivity index (χ2n) is 3.58. The molecule has 0 radical (unpaired) electrons. The first-order chi connectivity index (χ1) is 8.53. The average molecular weight is 332 g/mol. The minimum Gasteiger partial charge on any atom is -0.399 e. The topological polar surface area (TPSA) is 132 Å². The Hall–Kier alpha value is -0.940. The smallest absolute Gasteiger partial charge is 0.243 e. The van der Waals surface area contributed by atoms with Crippen LogP contribution in [0.25, 0.3) is 0 Å². The molecule has 0 saturated carbocycles. The molecule has 0 aliphatic heterocycles. The molecule has 108 valence electrons. The summed E-state index contributed by atoms with van der Waals surface area (Å²) >= 11 is 5.47. The average Bonchev–Trinajstić information content (AvgIpc) is 2.20. The summed E-state index contributed by atoms with van der Waals surface area (Å²) in [5.41, 5.74) is 5.32. The van der Waals surface area contributed by atoms with Gasteiger partial charge in [-0.1, -0.05) is 11.6 Å². The molecule has 11 heteroatoms. The molecule has 19 heavy (non-hydrogen) atoms. The number of halogens is 2. The third-order valence-electron chi connectivity index (χ3n) is 1.99. The van der Waals surface area contributed by atoms with E-state index in [1.165, 1.54) is 0 Å². The number of nitrogens with two attached hydrogens (primary N) is 2. The maximum atomic E-state index is 13.6. The van der Waals surface area contributed by atoms with Crippen LogP contribution in [0.5, 0.6) is 0 Å². The van der Waals surface area contributed by atoms with Gasteiger partial charge in [-0.3, -0.25) is 0 Å². The van der Waals surface area contributed by atoms with E-state index in [-0.39, 0.29) is 5.69 Å². The van der Waals surface area contributed by atoms with Crippen molar-refractivity contribution in [2.45, 2.75) is 4.90 Å². The van der Waals surface area contributed by atoms with Gasteiger partial charge >= 0.3 is 0 Å². The molecule has 0 atom stereocenters. The molecule has 1 rings (SSSR count). The monoisotopic (exact) mass is 331 g/mol. The second-order valence-corrected chi connectivity index (χ2v) is 7.46. The van der Waals surface area contributed by atoms with Crippen molar-refractivity contribution < 1.29 is 21.2 Å². The Morgan fingerprint density at radius 1 is 1.26 bits per heavy atom. The van der Waals surface area contributed by atoms with Gasteiger partial charge in [-0.05, 0) is 12.1 Å². The number of sulfonamides is 2. The van der Waals surface area contributed by atoms with E-state index < -0.39 is 48.1 Å². The molecular formula is C8H11ClFN3O4S2. The van der Waals surface area contributed by atoms with Crippen LogP contribution in [0.15, 0.2) is 17.0 Å². The largest absolute Gasteiger partial charge is 0.399 e. The van der Waals surface area contributed by atoms with Crippen molar-refractivity contribution in [3.8, 4) is 0 Å². The van der Waals surface area contributed by atoms with Crippen LogP contribution in [0.2, 0.25) is 5.02 Å². The Bertz CT molecular complexity index is 690. The Kier molecular flexibility index (Phi) is 4.74. The summed E-state index contributed by atoms with van der Waals surface area (Å²) in [5, 5.41) is 4.25. The van der Waals surface area contributed by atoms with Gasteiger partial charge in [0.1, 0.15) is 4.90 Å². The van der Waals surface area contributed by atoms with Gasteiger partial charge in [0.05, 0.1) is 10.8 Å². The quantitative estimate of drug-likeness (QED) is 0.633. The van der Waals surface area contributed by atoms with E-state index in [0.717, 1.165) is 12.1 Å². The van der Waals surface area contributed by atoms with E-state index in [2.05, 4.69) is 0 Å². The van der Waals surface area contributed by atoms with Crippen molar-refractivity contribution in [1.82, 2.24) is 4.72 Å². The number of nitrogens with one attached hydrogen (secondary N) is 1. The summed E-state index contributed by atoms with van der Waals surface area (Å²) < 4.78 is 60.3. The minimum absolute atomic E-state index is 0.0433. The fourth-order valence-corrected chi connectivity index (χ4v) is 3.14. The summed E-state index contributed by atoms with van der Waals surface area (Å²) in [6.45, 7) is -0.493. The van der Waals surface area contributed by atoms with Gasteiger partial charge in [0.2, 0.25) is 20.0 Å². The molecule has 0 aromatic heterocycles. The number of anilines is 1. The first-order valence-corrected chi connectivity index (χ1v) is 8.35. The molecule has 0 fully saturated rings. The maximum absolute atomic E-state index is 13.6. The van der Waals surface area contributed by atoms with Crippen LogP contribution in [-0.4, -0.2) is 29.1 Å². The van der Waals surface area contributed by atoms with Crippen LogP contribution in [-0.2, 0) is 20.0 Å². The third kappa shape index (κ3) is 4.58. The van der Waals surface area contributed by atoms with E-state index in [1.807, 2.05) is 4.72 Å². The second kappa shape index (κ2) is 5.59. The fraction of sp³-hybridized carbons (Fsp3) is 0.250. The predicted molar refractivity (Wildman–Crippen MR) is 69.0 cm³/mol. The number of hydrogen-bond acceptors (Lipinski definition) is 5. The van der Waals surface area contributed by atoms with Crippen LogP contribution in [0.4, 0.5) is 10.1 Å². The first-order valence-electron chi connectivity index (χ1n) is 4.77. The molecule has 0 aliphatic rings.